The number of aromatic nitrogens is 2. The fourth-order valence-corrected chi connectivity index (χ4v) is 3.59. The standard InChI is InChI=1S/C14H7Cl3N2OS/c15-9-2-1-3-10(4-9)19-6-8(7-20)13(18-19)11-5-12(16)21-14(11)17/h1-7H. The first kappa shape index (κ1) is 14.6. The number of rotatable bonds is 3. The molecule has 0 spiro atoms. The average Bonchev–Trinajstić information content (AvgIpc) is 3.01. The zero-order chi connectivity index (χ0) is 15.0. The van der Waals surface area contributed by atoms with Crippen molar-refractivity contribution in [2.45, 2.75) is 0 Å². The molecule has 0 N–H and O–H groups in total. The number of nitrogens with zero attached hydrogens (tertiary/aromatic N) is 2. The van der Waals surface area contributed by atoms with E-state index in [1.54, 1.807) is 29.1 Å². The summed E-state index contributed by atoms with van der Waals surface area (Å²) >= 11 is 19.3. The molecule has 0 aliphatic heterocycles. The van der Waals surface area contributed by atoms with Crippen molar-refractivity contribution in [3.05, 3.63) is 55.8 Å². The van der Waals surface area contributed by atoms with E-state index in [1.807, 2.05) is 12.1 Å². The van der Waals surface area contributed by atoms with E-state index in [4.69, 9.17) is 34.8 Å². The molecule has 2 heterocycles. The SMILES string of the molecule is O=Cc1cn(-c2cccc(Cl)c2)nc1-c1cc(Cl)sc1Cl. The topological polar surface area (TPSA) is 34.9 Å². The Morgan fingerprint density at radius 3 is 2.62 bits per heavy atom. The second-order valence-electron chi connectivity index (χ2n) is 4.21. The van der Waals surface area contributed by atoms with Crippen LogP contribution in [0.15, 0.2) is 36.5 Å². The van der Waals surface area contributed by atoms with Crippen LogP contribution in [-0.2, 0) is 0 Å². The molecule has 1 aromatic carbocycles. The number of hydrogen-bond donors (Lipinski definition) is 0. The lowest BCUT2D eigenvalue weighted by Crippen LogP contribution is -1.94. The maximum Gasteiger partial charge on any atom is 0.153 e. The van der Waals surface area contributed by atoms with Gasteiger partial charge in [-0.2, -0.15) is 5.10 Å². The first-order valence-corrected chi connectivity index (χ1v) is 7.79. The number of hydrogen-bond acceptors (Lipinski definition) is 3. The van der Waals surface area contributed by atoms with Gasteiger partial charge in [0.15, 0.2) is 6.29 Å². The maximum atomic E-state index is 11.3. The van der Waals surface area contributed by atoms with Gasteiger partial charge >= 0.3 is 0 Å². The van der Waals surface area contributed by atoms with Gasteiger partial charge in [-0.15, -0.1) is 11.3 Å². The van der Waals surface area contributed by atoms with Crippen molar-refractivity contribution < 1.29 is 4.79 Å². The molecular formula is C14H7Cl3N2OS. The van der Waals surface area contributed by atoms with Gasteiger partial charge in [-0.1, -0.05) is 40.9 Å². The molecule has 106 valence electrons. The molecule has 21 heavy (non-hydrogen) atoms. The predicted octanol–water partition coefficient (Wildman–Crippen LogP) is 5.37. The van der Waals surface area contributed by atoms with Crippen LogP contribution >= 0.6 is 46.1 Å². The highest BCUT2D eigenvalue weighted by Gasteiger charge is 2.17. The fraction of sp³-hybridized carbons (Fsp3) is 0. The Balaban J connectivity index is 2.15. The summed E-state index contributed by atoms with van der Waals surface area (Å²) in [5, 5.41) is 5.02. The molecule has 0 atom stereocenters. The summed E-state index contributed by atoms with van der Waals surface area (Å²) < 4.78 is 2.64. The molecular weight excluding hydrogens is 351 g/mol. The van der Waals surface area contributed by atoms with Crippen molar-refractivity contribution in [3.8, 4) is 16.9 Å². The zero-order valence-electron chi connectivity index (χ0n) is 10.4. The summed E-state index contributed by atoms with van der Waals surface area (Å²) in [7, 11) is 0. The van der Waals surface area contributed by atoms with Crippen LogP contribution in [0, 0.1) is 0 Å². The van der Waals surface area contributed by atoms with E-state index in [0.717, 1.165) is 12.0 Å². The van der Waals surface area contributed by atoms with Crippen molar-refractivity contribution in [2.75, 3.05) is 0 Å². The molecule has 3 nitrogen and oxygen atoms in total. The fourth-order valence-electron chi connectivity index (χ4n) is 1.94. The molecule has 2 aromatic heterocycles. The summed E-state index contributed by atoms with van der Waals surface area (Å²) in [4.78, 5) is 11.3. The van der Waals surface area contributed by atoms with E-state index < -0.39 is 0 Å². The van der Waals surface area contributed by atoms with E-state index in [0.29, 0.717) is 30.5 Å². The van der Waals surface area contributed by atoms with Gasteiger partial charge in [-0.05, 0) is 24.3 Å². The lowest BCUT2D eigenvalue weighted by molar-refractivity contribution is 0.112. The van der Waals surface area contributed by atoms with Crippen LogP contribution in [-0.4, -0.2) is 16.1 Å². The zero-order valence-corrected chi connectivity index (χ0v) is 13.5. The molecule has 0 aliphatic rings. The molecule has 3 aromatic rings. The van der Waals surface area contributed by atoms with Gasteiger partial charge in [-0.25, -0.2) is 4.68 Å². The van der Waals surface area contributed by atoms with Gasteiger partial charge in [0.05, 0.1) is 15.6 Å². The quantitative estimate of drug-likeness (QED) is 0.590. The van der Waals surface area contributed by atoms with Gasteiger partial charge in [0, 0.05) is 16.8 Å². The van der Waals surface area contributed by atoms with Crippen molar-refractivity contribution in [3.63, 3.8) is 0 Å². The molecule has 0 aliphatic carbocycles. The number of halogens is 3. The molecule has 0 radical (unpaired) electrons. The predicted molar refractivity (Wildman–Crippen MR) is 87.3 cm³/mol. The molecule has 0 unspecified atom stereocenters. The highest BCUT2D eigenvalue weighted by molar-refractivity contribution is 7.20. The number of benzene rings is 1. The Bertz CT molecular complexity index is 825. The van der Waals surface area contributed by atoms with Crippen LogP contribution in [0.5, 0.6) is 0 Å². The summed E-state index contributed by atoms with van der Waals surface area (Å²) in [5.41, 5.74) is 2.34. The summed E-state index contributed by atoms with van der Waals surface area (Å²) in [5.74, 6) is 0. The number of carbonyl (C=O) groups is 1. The highest BCUT2D eigenvalue weighted by atomic mass is 35.5. The largest absolute Gasteiger partial charge is 0.298 e. The van der Waals surface area contributed by atoms with Crippen LogP contribution in [0.2, 0.25) is 13.7 Å². The van der Waals surface area contributed by atoms with Crippen LogP contribution in [0.3, 0.4) is 0 Å². The third-order valence-electron chi connectivity index (χ3n) is 2.85. The third-order valence-corrected chi connectivity index (χ3v) is 4.58. The van der Waals surface area contributed by atoms with Gasteiger partial charge in [-0.3, -0.25) is 4.79 Å². The Morgan fingerprint density at radius 1 is 1.19 bits per heavy atom. The lowest BCUT2D eigenvalue weighted by Gasteiger charge is -2.01. The van der Waals surface area contributed by atoms with E-state index in [9.17, 15) is 4.79 Å². The summed E-state index contributed by atoms with van der Waals surface area (Å²) in [6.45, 7) is 0. The molecule has 7 heteroatoms. The Hall–Kier alpha value is -1.33. The smallest absolute Gasteiger partial charge is 0.153 e. The van der Waals surface area contributed by atoms with Gasteiger partial charge < -0.3 is 0 Å². The first-order valence-electron chi connectivity index (χ1n) is 5.84. The minimum absolute atomic E-state index is 0.436. The van der Waals surface area contributed by atoms with E-state index >= 15 is 0 Å². The Kier molecular flexibility index (Phi) is 4.04. The molecule has 0 saturated carbocycles. The minimum atomic E-state index is 0.436. The molecule has 0 fully saturated rings. The highest BCUT2D eigenvalue weighted by Crippen LogP contribution is 2.38. The normalized spacial score (nSPS) is 10.8. The van der Waals surface area contributed by atoms with Crippen molar-refractivity contribution in [2.24, 2.45) is 0 Å². The molecule has 0 bridgehead atoms. The Morgan fingerprint density at radius 2 is 2.00 bits per heavy atom. The lowest BCUT2D eigenvalue weighted by atomic mass is 10.2. The van der Waals surface area contributed by atoms with Gasteiger partial charge in [0.25, 0.3) is 0 Å². The van der Waals surface area contributed by atoms with Crippen LogP contribution in [0.4, 0.5) is 0 Å². The van der Waals surface area contributed by atoms with E-state index in [1.165, 1.54) is 11.3 Å². The number of thiophene rings is 1. The second-order valence-corrected chi connectivity index (χ2v) is 6.94. The molecule has 3 rings (SSSR count). The summed E-state index contributed by atoms with van der Waals surface area (Å²) in [6.07, 6.45) is 2.38. The van der Waals surface area contributed by atoms with Crippen LogP contribution in [0.25, 0.3) is 16.9 Å². The van der Waals surface area contributed by atoms with Crippen molar-refractivity contribution >= 4 is 52.4 Å². The number of aldehydes is 1. The second kappa shape index (κ2) is 5.81. The minimum Gasteiger partial charge on any atom is -0.298 e. The summed E-state index contributed by atoms with van der Waals surface area (Å²) in [6, 6.07) is 8.89. The van der Waals surface area contributed by atoms with E-state index in [-0.39, 0.29) is 0 Å². The van der Waals surface area contributed by atoms with Crippen molar-refractivity contribution in [1.29, 1.82) is 0 Å². The van der Waals surface area contributed by atoms with Crippen LogP contribution < -0.4 is 0 Å². The Labute approximate surface area is 139 Å². The average molecular weight is 358 g/mol. The van der Waals surface area contributed by atoms with Gasteiger partial charge in [0.1, 0.15) is 10.0 Å². The molecule has 0 amide bonds. The molecule has 0 saturated heterocycles. The van der Waals surface area contributed by atoms with Crippen molar-refractivity contribution in [1.82, 2.24) is 9.78 Å². The number of carbonyl (C=O) groups excluding carboxylic acids is 1. The maximum absolute atomic E-state index is 11.3. The van der Waals surface area contributed by atoms with E-state index in [2.05, 4.69) is 5.10 Å². The monoisotopic (exact) mass is 356 g/mol. The van der Waals surface area contributed by atoms with Gasteiger partial charge in [0.2, 0.25) is 0 Å². The first-order chi connectivity index (χ1) is 10.1. The third kappa shape index (κ3) is 2.85. The van der Waals surface area contributed by atoms with Crippen LogP contribution in [0.1, 0.15) is 10.4 Å².